The first-order chi connectivity index (χ1) is 10.7. The fourth-order valence-electron chi connectivity index (χ4n) is 2.99. The lowest BCUT2D eigenvalue weighted by Crippen LogP contribution is -2.27. The number of aryl methyl sites for hydroxylation is 2. The molecule has 2 aromatic rings. The highest BCUT2D eigenvalue weighted by atomic mass is 16.5. The van der Waals surface area contributed by atoms with Crippen molar-refractivity contribution in [2.75, 3.05) is 0 Å². The first-order valence-corrected chi connectivity index (χ1v) is 7.97. The Kier molecular flexibility index (Phi) is 3.21. The molecule has 5 heteroatoms. The Bertz CT molecular complexity index is 718. The summed E-state index contributed by atoms with van der Waals surface area (Å²) in [4.78, 5) is 16.8. The molecule has 0 bridgehead atoms. The van der Waals surface area contributed by atoms with Crippen molar-refractivity contribution >= 4 is 5.91 Å². The first kappa shape index (κ1) is 13.5. The molecule has 1 heterocycles. The minimum Gasteiger partial charge on any atom is -0.341 e. The standard InChI is InChI=1S/C17H19N3O2/c1-10(17-19-15(20-22-17)12-6-7-12)18-16(21)14-8-5-11-3-2-4-13(11)9-14/h5,8-10,12H,2-4,6-7H2,1H3,(H,18,21)/t10-/m1/s1. The lowest BCUT2D eigenvalue weighted by Gasteiger charge is -2.10. The predicted octanol–water partition coefficient (Wildman–Crippen LogP) is 2.93. The number of aromatic nitrogens is 2. The zero-order valence-electron chi connectivity index (χ0n) is 12.6. The summed E-state index contributed by atoms with van der Waals surface area (Å²) in [6, 6.07) is 5.70. The maximum Gasteiger partial charge on any atom is 0.251 e. The van der Waals surface area contributed by atoms with Crippen LogP contribution in [-0.2, 0) is 12.8 Å². The molecule has 1 N–H and O–H groups in total. The highest BCUT2D eigenvalue weighted by molar-refractivity contribution is 5.94. The molecular weight excluding hydrogens is 278 g/mol. The van der Waals surface area contributed by atoms with Gasteiger partial charge in [-0.05, 0) is 62.3 Å². The van der Waals surface area contributed by atoms with Crippen molar-refractivity contribution in [3.63, 3.8) is 0 Å². The van der Waals surface area contributed by atoms with Crippen molar-refractivity contribution in [1.29, 1.82) is 0 Å². The summed E-state index contributed by atoms with van der Waals surface area (Å²) in [5.41, 5.74) is 3.37. The Balaban J connectivity index is 1.46. The van der Waals surface area contributed by atoms with Crippen LogP contribution in [0, 0.1) is 0 Å². The van der Waals surface area contributed by atoms with E-state index in [1.807, 2.05) is 19.1 Å². The summed E-state index contributed by atoms with van der Waals surface area (Å²) in [7, 11) is 0. The molecule has 1 saturated carbocycles. The van der Waals surface area contributed by atoms with Crippen LogP contribution < -0.4 is 5.32 Å². The molecule has 2 aliphatic rings. The van der Waals surface area contributed by atoms with Gasteiger partial charge in [-0.3, -0.25) is 4.79 Å². The van der Waals surface area contributed by atoms with E-state index in [9.17, 15) is 4.79 Å². The van der Waals surface area contributed by atoms with Gasteiger partial charge >= 0.3 is 0 Å². The van der Waals surface area contributed by atoms with Gasteiger partial charge in [-0.25, -0.2) is 0 Å². The highest BCUT2D eigenvalue weighted by Gasteiger charge is 2.30. The molecule has 0 aliphatic heterocycles. The van der Waals surface area contributed by atoms with E-state index < -0.39 is 0 Å². The minimum atomic E-state index is -0.277. The summed E-state index contributed by atoms with van der Waals surface area (Å²) < 4.78 is 5.26. The maximum atomic E-state index is 12.4. The second-order valence-electron chi connectivity index (χ2n) is 6.30. The predicted molar refractivity (Wildman–Crippen MR) is 80.6 cm³/mol. The maximum absolute atomic E-state index is 12.4. The Morgan fingerprint density at radius 3 is 2.95 bits per heavy atom. The Morgan fingerprint density at radius 2 is 2.14 bits per heavy atom. The Morgan fingerprint density at radius 1 is 1.32 bits per heavy atom. The minimum absolute atomic E-state index is 0.0895. The zero-order valence-corrected chi connectivity index (χ0v) is 12.6. The van der Waals surface area contributed by atoms with Gasteiger partial charge in [-0.2, -0.15) is 4.98 Å². The largest absolute Gasteiger partial charge is 0.341 e. The van der Waals surface area contributed by atoms with E-state index in [1.165, 1.54) is 17.5 Å². The lowest BCUT2D eigenvalue weighted by atomic mass is 10.1. The number of fused-ring (bicyclic) bond motifs is 1. The van der Waals surface area contributed by atoms with Gasteiger partial charge in [-0.15, -0.1) is 0 Å². The van der Waals surface area contributed by atoms with Crippen molar-refractivity contribution in [1.82, 2.24) is 15.5 Å². The van der Waals surface area contributed by atoms with Gasteiger partial charge in [-0.1, -0.05) is 11.2 Å². The van der Waals surface area contributed by atoms with Gasteiger partial charge in [0.1, 0.15) is 6.04 Å². The number of nitrogens with one attached hydrogen (secondary N) is 1. The molecule has 1 amide bonds. The summed E-state index contributed by atoms with van der Waals surface area (Å²) in [6.45, 7) is 1.87. The van der Waals surface area contributed by atoms with Crippen molar-refractivity contribution in [3.8, 4) is 0 Å². The van der Waals surface area contributed by atoms with Crippen LogP contribution >= 0.6 is 0 Å². The molecule has 0 radical (unpaired) electrons. The Labute approximate surface area is 129 Å². The number of carbonyl (C=O) groups is 1. The zero-order chi connectivity index (χ0) is 15.1. The van der Waals surface area contributed by atoms with Gasteiger partial charge in [0.05, 0.1) is 0 Å². The summed E-state index contributed by atoms with van der Waals surface area (Å²) in [6.07, 6.45) is 5.65. The van der Waals surface area contributed by atoms with Crippen molar-refractivity contribution in [2.24, 2.45) is 0 Å². The van der Waals surface area contributed by atoms with Crippen LogP contribution in [0.5, 0.6) is 0 Å². The third-order valence-electron chi connectivity index (χ3n) is 4.48. The van der Waals surface area contributed by atoms with Crippen molar-refractivity contribution < 1.29 is 9.32 Å². The summed E-state index contributed by atoms with van der Waals surface area (Å²) >= 11 is 0. The highest BCUT2D eigenvalue weighted by Crippen LogP contribution is 2.38. The van der Waals surface area contributed by atoms with Gasteiger partial charge in [0, 0.05) is 11.5 Å². The molecule has 114 valence electrons. The molecule has 22 heavy (non-hydrogen) atoms. The first-order valence-electron chi connectivity index (χ1n) is 7.97. The van der Waals surface area contributed by atoms with Gasteiger partial charge in [0.25, 0.3) is 5.91 Å². The van der Waals surface area contributed by atoms with Crippen LogP contribution in [0.3, 0.4) is 0 Å². The van der Waals surface area contributed by atoms with Crippen LogP contribution in [-0.4, -0.2) is 16.0 Å². The fourth-order valence-corrected chi connectivity index (χ4v) is 2.99. The van der Waals surface area contributed by atoms with Gasteiger partial charge < -0.3 is 9.84 Å². The molecule has 1 aromatic carbocycles. The number of hydrogen-bond acceptors (Lipinski definition) is 4. The van der Waals surface area contributed by atoms with Crippen molar-refractivity contribution in [2.45, 2.75) is 51.0 Å². The smallest absolute Gasteiger partial charge is 0.251 e. The van der Waals surface area contributed by atoms with E-state index in [2.05, 4.69) is 21.5 Å². The number of hydrogen-bond donors (Lipinski definition) is 1. The molecule has 4 rings (SSSR count). The number of benzene rings is 1. The average Bonchev–Trinajstić information content (AvgIpc) is 3.07. The van der Waals surface area contributed by atoms with Crippen LogP contribution in [0.1, 0.15) is 71.3 Å². The monoisotopic (exact) mass is 297 g/mol. The second-order valence-corrected chi connectivity index (χ2v) is 6.30. The topological polar surface area (TPSA) is 68.0 Å². The second kappa shape index (κ2) is 5.23. The van der Waals surface area contributed by atoms with Crippen molar-refractivity contribution in [3.05, 3.63) is 46.6 Å². The normalized spacial score (nSPS) is 18.0. The summed E-state index contributed by atoms with van der Waals surface area (Å²) in [5.74, 6) is 1.62. The van der Waals surface area contributed by atoms with Crippen LogP contribution in [0.2, 0.25) is 0 Å². The van der Waals surface area contributed by atoms with E-state index in [4.69, 9.17) is 4.52 Å². The quantitative estimate of drug-likeness (QED) is 0.942. The van der Waals surface area contributed by atoms with E-state index in [1.54, 1.807) is 0 Å². The molecule has 0 unspecified atom stereocenters. The van der Waals surface area contributed by atoms with Gasteiger partial charge in [0.2, 0.25) is 5.89 Å². The fraction of sp³-hybridized carbons (Fsp3) is 0.471. The molecule has 1 aromatic heterocycles. The molecular formula is C17H19N3O2. The molecule has 1 fully saturated rings. The molecule has 0 spiro atoms. The number of carbonyl (C=O) groups excluding carboxylic acids is 1. The SMILES string of the molecule is C[C@@H](NC(=O)c1ccc2c(c1)CCC2)c1nc(C2CC2)no1. The third kappa shape index (κ3) is 2.51. The van der Waals surface area contributed by atoms with E-state index in [0.29, 0.717) is 17.4 Å². The summed E-state index contributed by atoms with van der Waals surface area (Å²) in [5, 5.41) is 6.93. The van der Waals surface area contributed by atoms with Gasteiger partial charge in [0.15, 0.2) is 5.82 Å². The van der Waals surface area contributed by atoms with Crippen LogP contribution in [0.25, 0.3) is 0 Å². The lowest BCUT2D eigenvalue weighted by molar-refractivity contribution is 0.0932. The van der Waals surface area contributed by atoms with Crippen LogP contribution in [0.4, 0.5) is 0 Å². The number of nitrogens with zero attached hydrogens (tertiary/aromatic N) is 2. The average molecular weight is 297 g/mol. The molecule has 2 aliphatic carbocycles. The van der Waals surface area contributed by atoms with E-state index in [-0.39, 0.29) is 11.9 Å². The number of amides is 1. The molecule has 0 saturated heterocycles. The van der Waals surface area contributed by atoms with E-state index in [0.717, 1.165) is 31.5 Å². The Hall–Kier alpha value is -2.17. The number of rotatable bonds is 4. The molecule has 1 atom stereocenters. The molecule has 5 nitrogen and oxygen atoms in total. The van der Waals surface area contributed by atoms with E-state index >= 15 is 0 Å². The third-order valence-corrected chi connectivity index (χ3v) is 4.48. The van der Waals surface area contributed by atoms with Crippen LogP contribution in [0.15, 0.2) is 22.7 Å².